The van der Waals surface area contributed by atoms with Gasteiger partial charge in [-0.1, -0.05) is 93.1 Å². The van der Waals surface area contributed by atoms with Gasteiger partial charge in [0.05, 0.1) is 18.8 Å². The number of aromatic nitrogens is 6. The van der Waals surface area contributed by atoms with E-state index in [-0.39, 0.29) is 12.2 Å². The molecule has 0 aliphatic carbocycles. The average molecular weight is 535 g/mol. The fraction of sp³-hybridized carbons (Fsp3) is 0.281. The normalized spacial score (nSPS) is 11.2. The summed E-state index contributed by atoms with van der Waals surface area (Å²) in [4.78, 5) is 19.0. The monoisotopic (exact) mass is 534 g/mol. The summed E-state index contributed by atoms with van der Waals surface area (Å²) in [5, 5.41) is 24.1. The lowest BCUT2D eigenvalue weighted by atomic mass is 9.98. The average Bonchev–Trinajstić information content (AvgIpc) is 3.54. The van der Waals surface area contributed by atoms with Crippen LogP contribution in [-0.4, -0.2) is 35.3 Å². The second kappa shape index (κ2) is 12.6. The van der Waals surface area contributed by atoms with Crippen LogP contribution in [0.4, 0.5) is 0 Å². The van der Waals surface area contributed by atoms with E-state index >= 15 is 0 Å². The van der Waals surface area contributed by atoms with Crippen molar-refractivity contribution in [3.8, 4) is 22.5 Å². The lowest BCUT2D eigenvalue weighted by molar-refractivity contribution is 0.281. The van der Waals surface area contributed by atoms with Crippen LogP contribution >= 0.6 is 0 Å². The maximum Gasteiger partial charge on any atom is 0.257 e. The number of aliphatic hydroxyl groups excluding tert-OH is 1. The van der Waals surface area contributed by atoms with Crippen molar-refractivity contribution in [2.45, 2.75) is 59.1 Å². The standard InChI is InChI=1S/C32H34N6O2/c1-3-5-13-30-33-29(4-2)28(19-23-9-8-10-24(18-23)21-39)32(40)38(30)20-22-14-16-25(17-15-22)26-11-6-7-12-27(26)31-34-36-37-35-31/h6-12,14-18,39H,3-5,13,19-21H2,1-2H3,(H,34,35,36,37). The zero-order valence-corrected chi connectivity index (χ0v) is 23.0. The van der Waals surface area contributed by atoms with Crippen LogP contribution < -0.4 is 5.56 Å². The Hall–Kier alpha value is -4.43. The Morgan fingerprint density at radius 3 is 2.38 bits per heavy atom. The number of tetrazole rings is 1. The number of nitrogens with one attached hydrogen (secondary N) is 1. The molecule has 0 saturated carbocycles. The minimum absolute atomic E-state index is 0.0129. The van der Waals surface area contributed by atoms with E-state index in [1.165, 1.54) is 0 Å². The Morgan fingerprint density at radius 2 is 1.68 bits per heavy atom. The number of aryl methyl sites for hydroxylation is 2. The lowest BCUT2D eigenvalue weighted by Crippen LogP contribution is -2.31. The van der Waals surface area contributed by atoms with E-state index in [4.69, 9.17) is 4.98 Å². The summed E-state index contributed by atoms with van der Waals surface area (Å²) < 4.78 is 1.85. The maximum absolute atomic E-state index is 14.0. The van der Waals surface area contributed by atoms with Crippen LogP contribution in [0.25, 0.3) is 22.5 Å². The second-order valence-electron chi connectivity index (χ2n) is 9.93. The largest absolute Gasteiger partial charge is 0.392 e. The third kappa shape index (κ3) is 5.92. The van der Waals surface area contributed by atoms with Crippen LogP contribution in [0.5, 0.6) is 0 Å². The molecule has 0 aliphatic rings. The third-order valence-corrected chi connectivity index (χ3v) is 7.19. The topological polar surface area (TPSA) is 110 Å². The number of nitrogens with zero attached hydrogens (tertiary/aromatic N) is 5. The Morgan fingerprint density at radius 1 is 0.900 bits per heavy atom. The quantitative estimate of drug-likeness (QED) is 0.243. The van der Waals surface area contributed by atoms with Gasteiger partial charge in [0.2, 0.25) is 5.82 Å². The molecule has 2 heterocycles. The fourth-order valence-electron chi connectivity index (χ4n) is 5.07. The van der Waals surface area contributed by atoms with Gasteiger partial charge in [-0.25, -0.2) is 4.98 Å². The van der Waals surface area contributed by atoms with E-state index < -0.39 is 0 Å². The van der Waals surface area contributed by atoms with Crippen molar-refractivity contribution in [3.05, 3.63) is 117 Å². The summed E-state index contributed by atoms with van der Waals surface area (Å²) in [6.45, 7) is 4.62. The number of H-pyrrole nitrogens is 1. The summed E-state index contributed by atoms with van der Waals surface area (Å²) in [6.07, 6.45) is 3.94. The molecule has 3 aromatic carbocycles. The van der Waals surface area contributed by atoms with Crippen LogP contribution in [-0.2, 0) is 32.4 Å². The van der Waals surface area contributed by atoms with Crippen molar-refractivity contribution in [2.75, 3.05) is 0 Å². The number of hydrogen-bond acceptors (Lipinski definition) is 6. The highest BCUT2D eigenvalue weighted by Crippen LogP contribution is 2.30. The van der Waals surface area contributed by atoms with Gasteiger partial charge in [0.1, 0.15) is 5.82 Å². The first-order valence-corrected chi connectivity index (χ1v) is 13.8. The first-order valence-electron chi connectivity index (χ1n) is 13.8. The van der Waals surface area contributed by atoms with Crippen molar-refractivity contribution < 1.29 is 5.11 Å². The summed E-state index contributed by atoms with van der Waals surface area (Å²) in [5.41, 5.74) is 7.40. The number of benzene rings is 3. The van der Waals surface area contributed by atoms with Crippen LogP contribution in [0, 0.1) is 0 Å². The molecule has 2 N–H and O–H groups in total. The number of unbranched alkanes of at least 4 members (excludes halogenated alkanes) is 1. The van der Waals surface area contributed by atoms with E-state index in [2.05, 4.69) is 58.7 Å². The van der Waals surface area contributed by atoms with Crippen molar-refractivity contribution in [1.29, 1.82) is 0 Å². The molecule has 2 aromatic heterocycles. The molecule has 0 aliphatic heterocycles. The summed E-state index contributed by atoms with van der Waals surface area (Å²) in [5.74, 6) is 1.38. The highest BCUT2D eigenvalue weighted by Gasteiger charge is 2.17. The summed E-state index contributed by atoms with van der Waals surface area (Å²) >= 11 is 0. The van der Waals surface area contributed by atoms with Gasteiger partial charge in [0, 0.05) is 24.0 Å². The molecule has 8 heteroatoms. The van der Waals surface area contributed by atoms with E-state index in [1.807, 2.05) is 53.1 Å². The zero-order valence-electron chi connectivity index (χ0n) is 23.0. The molecule has 8 nitrogen and oxygen atoms in total. The van der Waals surface area contributed by atoms with Gasteiger partial charge in [-0.05, 0) is 45.9 Å². The number of aliphatic hydroxyl groups is 1. The first kappa shape index (κ1) is 27.1. The first-order chi connectivity index (χ1) is 19.6. The van der Waals surface area contributed by atoms with Crippen LogP contribution in [0.15, 0.2) is 77.6 Å². The Balaban J connectivity index is 1.49. The van der Waals surface area contributed by atoms with E-state index in [0.717, 1.165) is 69.7 Å². The zero-order chi connectivity index (χ0) is 27.9. The van der Waals surface area contributed by atoms with E-state index in [9.17, 15) is 9.90 Å². The molecule has 5 rings (SSSR count). The van der Waals surface area contributed by atoms with E-state index in [0.29, 0.717) is 25.2 Å². The summed E-state index contributed by atoms with van der Waals surface area (Å²) in [6, 6.07) is 24.0. The molecule has 0 amide bonds. The van der Waals surface area contributed by atoms with Crippen LogP contribution in [0.1, 0.15) is 60.5 Å². The molecule has 0 bridgehead atoms. The maximum atomic E-state index is 14.0. The smallest absolute Gasteiger partial charge is 0.257 e. The highest BCUT2D eigenvalue weighted by atomic mass is 16.3. The van der Waals surface area contributed by atoms with Crippen LogP contribution in [0.2, 0.25) is 0 Å². The van der Waals surface area contributed by atoms with Gasteiger partial charge in [-0.15, -0.1) is 10.2 Å². The second-order valence-corrected chi connectivity index (χ2v) is 9.93. The number of aromatic amines is 1. The van der Waals surface area contributed by atoms with Gasteiger partial charge in [-0.2, -0.15) is 5.21 Å². The van der Waals surface area contributed by atoms with Gasteiger partial charge in [-0.3, -0.25) is 9.36 Å². The van der Waals surface area contributed by atoms with E-state index in [1.54, 1.807) is 0 Å². The molecular formula is C32H34N6O2. The Labute approximate surface area is 233 Å². The van der Waals surface area contributed by atoms with Crippen molar-refractivity contribution in [1.82, 2.24) is 30.2 Å². The third-order valence-electron chi connectivity index (χ3n) is 7.19. The number of hydrogen-bond donors (Lipinski definition) is 2. The van der Waals surface area contributed by atoms with Gasteiger partial charge < -0.3 is 5.11 Å². The molecule has 0 saturated heterocycles. The Kier molecular flexibility index (Phi) is 8.56. The van der Waals surface area contributed by atoms with Crippen molar-refractivity contribution in [3.63, 3.8) is 0 Å². The molecule has 5 aromatic rings. The SMILES string of the molecule is CCCCc1nc(CC)c(Cc2cccc(CO)c2)c(=O)n1Cc1ccc(-c2ccccc2-c2nn[nH]n2)cc1. The van der Waals surface area contributed by atoms with Gasteiger partial charge in [0.25, 0.3) is 5.56 Å². The predicted octanol–water partition coefficient (Wildman–Crippen LogP) is 5.13. The molecule has 0 fully saturated rings. The molecule has 0 unspecified atom stereocenters. The van der Waals surface area contributed by atoms with Crippen molar-refractivity contribution >= 4 is 0 Å². The van der Waals surface area contributed by atoms with Crippen LogP contribution in [0.3, 0.4) is 0 Å². The Bertz CT molecular complexity index is 1620. The van der Waals surface area contributed by atoms with Crippen molar-refractivity contribution in [2.24, 2.45) is 0 Å². The fourth-order valence-corrected chi connectivity index (χ4v) is 5.07. The molecule has 204 valence electrons. The predicted molar refractivity (Wildman–Crippen MR) is 156 cm³/mol. The molecule has 0 atom stereocenters. The number of rotatable bonds is 11. The lowest BCUT2D eigenvalue weighted by Gasteiger charge is -2.17. The van der Waals surface area contributed by atoms with Gasteiger partial charge in [0.15, 0.2) is 0 Å². The molecule has 40 heavy (non-hydrogen) atoms. The molecule has 0 spiro atoms. The molecule has 0 radical (unpaired) electrons. The summed E-state index contributed by atoms with van der Waals surface area (Å²) in [7, 11) is 0. The molecular weight excluding hydrogens is 500 g/mol. The minimum atomic E-state index is -0.0253. The highest BCUT2D eigenvalue weighted by molar-refractivity contribution is 5.80. The minimum Gasteiger partial charge on any atom is -0.392 e. The van der Waals surface area contributed by atoms with Gasteiger partial charge >= 0.3 is 0 Å².